The second-order valence-electron chi connectivity index (χ2n) is 6.72. The van der Waals surface area contributed by atoms with E-state index in [0.717, 1.165) is 31.6 Å². The first kappa shape index (κ1) is 17.3. The van der Waals surface area contributed by atoms with Gasteiger partial charge in [0.1, 0.15) is 6.10 Å². The van der Waals surface area contributed by atoms with Crippen LogP contribution in [-0.4, -0.2) is 29.4 Å². The van der Waals surface area contributed by atoms with E-state index in [1.165, 1.54) is 12.8 Å². The Kier molecular flexibility index (Phi) is 6.80. The Labute approximate surface area is 123 Å². The summed E-state index contributed by atoms with van der Waals surface area (Å²) in [5.74, 6) is 1.24. The van der Waals surface area contributed by atoms with Gasteiger partial charge in [-0.1, -0.05) is 26.7 Å². The highest BCUT2D eigenvalue weighted by atomic mass is 16.6. The highest BCUT2D eigenvalue weighted by Crippen LogP contribution is 2.34. The molecule has 0 spiro atoms. The predicted octanol–water partition coefficient (Wildman–Crippen LogP) is 3.48. The Morgan fingerprint density at radius 1 is 1.35 bits per heavy atom. The van der Waals surface area contributed by atoms with Gasteiger partial charge in [-0.25, -0.2) is 4.79 Å². The molecule has 4 heteroatoms. The molecule has 0 aromatic rings. The van der Waals surface area contributed by atoms with Crippen LogP contribution in [-0.2, 0) is 4.74 Å². The summed E-state index contributed by atoms with van der Waals surface area (Å²) in [6.07, 6.45) is 6.49. The van der Waals surface area contributed by atoms with E-state index in [2.05, 4.69) is 19.2 Å². The Morgan fingerprint density at radius 3 is 2.55 bits per heavy atom. The maximum absolute atomic E-state index is 11.9. The lowest BCUT2D eigenvalue weighted by molar-refractivity contribution is 0.0575. The molecule has 1 aliphatic rings. The van der Waals surface area contributed by atoms with Gasteiger partial charge in [0.05, 0.1) is 12.1 Å². The number of carbonyl (C=O) groups excluding carboxylic acids is 1. The zero-order chi connectivity index (χ0) is 15.2. The summed E-state index contributed by atoms with van der Waals surface area (Å²) in [5.41, 5.74) is -0.624. The van der Waals surface area contributed by atoms with Crippen LogP contribution in [0.3, 0.4) is 0 Å². The fraction of sp³-hybridized carbons (Fsp3) is 0.938. The maximum Gasteiger partial charge on any atom is 0.407 e. The van der Waals surface area contributed by atoms with Gasteiger partial charge in [0.2, 0.25) is 0 Å². The molecule has 118 valence electrons. The summed E-state index contributed by atoms with van der Waals surface area (Å²) in [7, 11) is 0. The number of carbonyl (C=O) groups is 1. The van der Waals surface area contributed by atoms with E-state index < -0.39 is 11.6 Å². The van der Waals surface area contributed by atoms with Crippen molar-refractivity contribution in [2.24, 2.45) is 11.8 Å². The zero-order valence-electron chi connectivity index (χ0n) is 13.4. The smallest absolute Gasteiger partial charge is 0.407 e. The second kappa shape index (κ2) is 7.87. The molecule has 0 saturated heterocycles. The largest absolute Gasteiger partial charge is 0.446 e. The first-order valence-electron chi connectivity index (χ1n) is 8.01. The van der Waals surface area contributed by atoms with Crippen molar-refractivity contribution in [3.63, 3.8) is 0 Å². The first-order valence-corrected chi connectivity index (χ1v) is 8.01. The van der Waals surface area contributed by atoms with Crippen LogP contribution in [0.2, 0.25) is 0 Å². The number of ether oxygens (including phenoxy) is 1. The van der Waals surface area contributed by atoms with Crippen LogP contribution in [0.4, 0.5) is 4.79 Å². The monoisotopic (exact) mass is 285 g/mol. The summed E-state index contributed by atoms with van der Waals surface area (Å²) in [6.45, 7) is 7.93. The van der Waals surface area contributed by atoms with Crippen molar-refractivity contribution >= 4 is 6.09 Å². The highest BCUT2D eigenvalue weighted by Gasteiger charge is 2.32. The number of alkyl carbamates (subject to hydrolysis) is 1. The Morgan fingerprint density at radius 2 is 2.00 bits per heavy atom. The lowest BCUT2D eigenvalue weighted by Crippen LogP contribution is -2.47. The Hall–Kier alpha value is -0.770. The molecule has 1 amide bonds. The minimum Gasteiger partial charge on any atom is -0.446 e. The van der Waals surface area contributed by atoms with Gasteiger partial charge in [0.25, 0.3) is 0 Å². The van der Waals surface area contributed by atoms with E-state index in [0.29, 0.717) is 5.92 Å². The van der Waals surface area contributed by atoms with Crippen LogP contribution in [0.5, 0.6) is 0 Å². The number of hydrogen-bond donors (Lipinski definition) is 2. The third-order valence-corrected chi connectivity index (χ3v) is 4.47. The molecule has 4 nitrogen and oxygen atoms in total. The third kappa shape index (κ3) is 5.31. The number of nitrogens with one attached hydrogen (secondary N) is 1. The summed E-state index contributed by atoms with van der Waals surface area (Å²) in [6, 6.07) is 0. The lowest BCUT2D eigenvalue weighted by Gasteiger charge is -2.27. The van der Waals surface area contributed by atoms with Gasteiger partial charge in [-0.05, 0) is 51.4 Å². The van der Waals surface area contributed by atoms with Gasteiger partial charge in [-0.15, -0.1) is 0 Å². The second-order valence-corrected chi connectivity index (χ2v) is 6.72. The molecule has 2 unspecified atom stereocenters. The predicted molar refractivity (Wildman–Crippen MR) is 80.6 cm³/mol. The minimum absolute atomic E-state index is 0.0464. The highest BCUT2D eigenvalue weighted by molar-refractivity contribution is 5.68. The molecule has 0 bridgehead atoms. The average Bonchev–Trinajstić information content (AvgIpc) is 2.82. The van der Waals surface area contributed by atoms with Crippen LogP contribution in [0.25, 0.3) is 0 Å². The van der Waals surface area contributed by atoms with E-state index in [1.54, 1.807) is 13.8 Å². The molecule has 0 aliphatic heterocycles. The zero-order valence-corrected chi connectivity index (χ0v) is 13.4. The van der Waals surface area contributed by atoms with E-state index in [1.807, 2.05) is 0 Å². The number of rotatable bonds is 7. The van der Waals surface area contributed by atoms with Gasteiger partial charge in [0, 0.05) is 0 Å². The van der Waals surface area contributed by atoms with Crippen LogP contribution in [0.15, 0.2) is 0 Å². The van der Waals surface area contributed by atoms with Crippen molar-refractivity contribution < 1.29 is 14.6 Å². The molecular weight excluding hydrogens is 254 g/mol. The first-order chi connectivity index (χ1) is 9.41. The molecule has 1 fully saturated rings. The summed E-state index contributed by atoms with van der Waals surface area (Å²) >= 11 is 0. The molecule has 0 aromatic carbocycles. The van der Waals surface area contributed by atoms with Crippen LogP contribution < -0.4 is 5.32 Å². The average molecular weight is 285 g/mol. The molecular formula is C16H31NO3. The van der Waals surface area contributed by atoms with Crippen molar-refractivity contribution in [3.8, 4) is 0 Å². The summed E-state index contributed by atoms with van der Waals surface area (Å²) in [4.78, 5) is 11.9. The van der Waals surface area contributed by atoms with E-state index in [-0.39, 0.29) is 12.7 Å². The molecule has 0 heterocycles. The molecule has 2 atom stereocenters. The number of hydrogen-bond acceptors (Lipinski definition) is 3. The van der Waals surface area contributed by atoms with Gasteiger partial charge in [-0.3, -0.25) is 0 Å². The van der Waals surface area contributed by atoms with Crippen molar-refractivity contribution in [1.29, 1.82) is 0 Å². The fourth-order valence-electron chi connectivity index (χ4n) is 2.96. The van der Waals surface area contributed by atoms with Gasteiger partial charge in [0.15, 0.2) is 0 Å². The van der Waals surface area contributed by atoms with Crippen molar-refractivity contribution in [3.05, 3.63) is 0 Å². The van der Waals surface area contributed by atoms with Crippen molar-refractivity contribution in [1.82, 2.24) is 5.32 Å². The number of amides is 1. The number of aliphatic hydroxyl groups excluding tert-OH is 1. The molecule has 2 N–H and O–H groups in total. The lowest BCUT2D eigenvalue weighted by atomic mass is 9.88. The van der Waals surface area contributed by atoms with Crippen LogP contribution >= 0.6 is 0 Å². The quantitative estimate of drug-likeness (QED) is 0.753. The maximum atomic E-state index is 11.9. The SMILES string of the molecule is CCC(CC)CC1CCCC1OC(=O)NC(C)(C)CO. The molecule has 1 aliphatic carbocycles. The minimum atomic E-state index is -0.624. The van der Waals surface area contributed by atoms with E-state index in [9.17, 15) is 4.79 Å². The van der Waals surface area contributed by atoms with Gasteiger partial charge < -0.3 is 15.2 Å². The van der Waals surface area contributed by atoms with Crippen LogP contribution in [0, 0.1) is 11.8 Å². The summed E-state index contributed by atoms with van der Waals surface area (Å²) in [5, 5.41) is 11.9. The standard InChI is InChI=1S/C16H31NO3/c1-5-12(6-2)10-13-8-7-9-14(13)20-15(19)17-16(3,4)11-18/h12-14,18H,5-11H2,1-4H3,(H,17,19). The number of aliphatic hydroxyl groups is 1. The molecule has 0 radical (unpaired) electrons. The Bertz CT molecular complexity index is 300. The topological polar surface area (TPSA) is 58.6 Å². The fourth-order valence-corrected chi connectivity index (χ4v) is 2.96. The van der Waals surface area contributed by atoms with E-state index in [4.69, 9.17) is 9.84 Å². The molecule has 20 heavy (non-hydrogen) atoms. The van der Waals surface area contributed by atoms with Gasteiger partial charge >= 0.3 is 6.09 Å². The molecule has 1 rings (SSSR count). The normalized spacial score (nSPS) is 23.1. The van der Waals surface area contributed by atoms with E-state index >= 15 is 0 Å². The van der Waals surface area contributed by atoms with Crippen molar-refractivity contribution in [2.45, 2.75) is 77.9 Å². The van der Waals surface area contributed by atoms with Crippen molar-refractivity contribution in [2.75, 3.05) is 6.61 Å². The summed E-state index contributed by atoms with van der Waals surface area (Å²) < 4.78 is 5.59. The third-order valence-electron chi connectivity index (χ3n) is 4.47. The molecule has 1 saturated carbocycles. The van der Waals surface area contributed by atoms with Gasteiger partial charge in [-0.2, -0.15) is 0 Å². The molecule has 0 aromatic heterocycles. The van der Waals surface area contributed by atoms with Crippen LogP contribution in [0.1, 0.15) is 66.2 Å². The Balaban J connectivity index is 2.47.